The molecular formula is C19H18N4O3S. The average molecular weight is 382 g/mol. The first-order valence-corrected chi connectivity index (χ1v) is 8.99. The summed E-state index contributed by atoms with van der Waals surface area (Å²) in [6.07, 6.45) is 0. The molecule has 138 valence electrons. The van der Waals surface area contributed by atoms with Crippen molar-refractivity contribution in [2.45, 2.75) is 13.5 Å². The first-order chi connectivity index (χ1) is 13.0. The molecule has 0 spiro atoms. The number of hydrogen-bond donors (Lipinski definition) is 2. The van der Waals surface area contributed by atoms with Crippen LogP contribution in [-0.2, 0) is 6.54 Å². The van der Waals surface area contributed by atoms with Crippen molar-refractivity contribution in [2.24, 2.45) is 0 Å². The Morgan fingerprint density at radius 2 is 1.85 bits per heavy atom. The molecule has 0 saturated heterocycles. The van der Waals surface area contributed by atoms with Gasteiger partial charge in [0.1, 0.15) is 10.8 Å². The summed E-state index contributed by atoms with van der Waals surface area (Å²) in [6, 6.07) is 14.2. The van der Waals surface area contributed by atoms with Gasteiger partial charge >= 0.3 is 0 Å². The fourth-order valence-electron chi connectivity index (χ4n) is 2.34. The molecule has 27 heavy (non-hydrogen) atoms. The minimum atomic E-state index is -0.323. The number of carbonyl (C=O) groups is 2. The number of rotatable bonds is 6. The van der Waals surface area contributed by atoms with E-state index in [1.807, 2.05) is 24.3 Å². The molecule has 8 heteroatoms. The Hall–Kier alpha value is -3.26. The van der Waals surface area contributed by atoms with Crippen LogP contribution in [0.5, 0.6) is 5.75 Å². The maximum atomic E-state index is 12.3. The minimum absolute atomic E-state index is 0.199. The zero-order chi connectivity index (χ0) is 19.2. The van der Waals surface area contributed by atoms with E-state index in [2.05, 4.69) is 20.8 Å². The Morgan fingerprint density at radius 1 is 1.07 bits per heavy atom. The molecule has 0 radical (unpaired) electrons. The van der Waals surface area contributed by atoms with Crippen LogP contribution in [0.15, 0.2) is 48.5 Å². The Kier molecular flexibility index (Phi) is 5.77. The highest BCUT2D eigenvalue weighted by Gasteiger charge is 2.12. The number of aryl methyl sites for hydroxylation is 1. The highest BCUT2D eigenvalue weighted by Crippen LogP contribution is 2.15. The smallest absolute Gasteiger partial charge is 0.286 e. The number of benzene rings is 2. The molecule has 1 aromatic heterocycles. The normalized spacial score (nSPS) is 10.3. The maximum Gasteiger partial charge on any atom is 0.286 e. The summed E-state index contributed by atoms with van der Waals surface area (Å²) in [4.78, 5) is 24.3. The maximum absolute atomic E-state index is 12.3. The van der Waals surface area contributed by atoms with E-state index < -0.39 is 0 Å². The van der Waals surface area contributed by atoms with Crippen molar-refractivity contribution in [1.29, 1.82) is 0 Å². The molecular weight excluding hydrogens is 364 g/mol. The summed E-state index contributed by atoms with van der Waals surface area (Å²) in [5, 5.41) is 14.2. The van der Waals surface area contributed by atoms with Crippen LogP contribution in [0.1, 0.15) is 30.7 Å². The minimum Gasteiger partial charge on any atom is -0.497 e. The van der Waals surface area contributed by atoms with Crippen LogP contribution in [0.4, 0.5) is 5.69 Å². The molecule has 0 aliphatic heterocycles. The van der Waals surface area contributed by atoms with Crippen molar-refractivity contribution in [1.82, 2.24) is 15.5 Å². The molecule has 2 aromatic carbocycles. The molecule has 3 aromatic rings. The lowest BCUT2D eigenvalue weighted by Crippen LogP contribution is -2.22. The summed E-state index contributed by atoms with van der Waals surface area (Å²) in [5.74, 6) is 0.221. The Balaban J connectivity index is 1.57. The van der Waals surface area contributed by atoms with Gasteiger partial charge in [-0.15, -0.1) is 10.2 Å². The summed E-state index contributed by atoms with van der Waals surface area (Å²) in [6.45, 7) is 2.18. The highest BCUT2D eigenvalue weighted by molar-refractivity contribution is 7.13. The first kappa shape index (κ1) is 18.5. The predicted octanol–water partition coefficient (Wildman–Crippen LogP) is 3.04. The van der Waals surface area contributed by atoms with Gasteiger partial charge in [0.15, 0.2) is 0 Å². The Morgan fingerprint density at radius 3 is 2.52 bits per heavy atom. The number of carbonyl (C=O) groups excluding carboxylic acids is 2. The van der Waals surface area contributed by atoms with E-state index in [0.717, 1.165) is 16.3 Å². The zero-order valence-electron chi connectivity index (χ0n) is 14.9. The van der Waals surface area contributed by atoms with Crippen LogP contribution in [0.3, 0.4) is 0 Å². The fraction of sp³-hybridized carbons (Fsp3) is 0.158. The largest absolute Gasteiger partial charge is 0.497 e. The van der Waals surface area contributed by atoms with Gasteiger partial charge < -0.3 is 15.4 Å². The van der Waals surface area contributed by atoms with E-state index in [4.69, 9.17) is 4.74 Å². The number of nitrogens with zero attached hydrogens (tertiary/aromatic N) is 2. The monoisotopic (exact) mass is 382 g/mol. The van der Waals surface area contributed by atoms with Crippen LogP contribution in [0, 0.1) is 6.92 Å². The SMILES string of the molecule is COc1cccc(CNC(=O)c2ccc(NC(=O)c3nnc(C)s3)cc2)c1. The van der Waals surface area contributed by atoms with Crippen molar-refractivity contribution < 1.29 is 14.3 Å². The first-order valence-electron chi connectivity index (χ1n) is 8.18. The van der Waals surface area contributed by atoms with Gasteiger partial charge in [-0.25, -0.2) is 0 Å². The van der Waals surface area contributed by atoms with Crippen LogP contribution < -0.4 is 15.4 Å². The van der Waals surface area contributed by atoms with Gasteiger partial charge in [-0.1, -0.05) is 23.5 Å². The second kappa shape index (κ2) is 8.41. The molecule has 0 saturated carbocycles. The van der Waals surface area contributed by atoms with Gasteiger partial charge in [0.05, 0.1) is 7.11 Å². The van der Waals surface area contributed by atoms with Gasteiger partial charge in [-0.2, -0.15) is 0 Å². The number of amides is 2. The molecule has 7 nitrogen and oxygen atoms in total. The number of nitrogens with one attached hydrogen (secondary N) is 2. The third kappa shape index (κ3) is 4.89. The van der Waals surface area contributed by atoms with E-state index >= 15 is 0 Å². The number of hydrogen-bond acceptors (Lipinski definition) is 6. The summed E-state index contributed by atoms with van der Waals surface area (Å²) in [5.41, 5.74) is 2.03. The quantitative estimate of drug-likeness (QED) is 0.683. The standard InChI is InChI=1S/C19H18N4O3S/c1-12-22-23-19(27-12)18(25)21-15-8-6-14(7-9-15)17(24)20-11-13-4-3-5-16(10-13)26-2/h3-10H,11H2,1-2H3,(H,20,24)(H,21,25). The lowest BCUT2D eigenvalue weighted by atomic mass is 10.1. The molecule has 0 aliphatic carbocycles. The third-order valence-electron chi connectivity index (χ3n) is 3.71. The van der Waals surface area contributed by atoms with Crippen molar-refractivity contribution in [3.05, 3.63) is 69.7 Å². The van der Waals surface area contributed by atoms with E-state index in [0.29, 0.717) is 22.8 Å². The van der Waals surface area contributed by atoms with E-state index in [1.54, 1.807) is 38.3 Å². The molecule has 2 N–H and O–H groups in total. The topological polar surface area (TPSA) is 93.2 Å². The van der Waals surface area contributed by atoms with Gasteiger partial charge in [0.2, 0.25) is 5.01 Å². The number of ether oxygens (including phenoxy) is 1. The number of aromatic nitrogens is 2. The molecule has 0 fully saturated rings. The summed E-state index contributed by atoms with van der Waals surface area (Å²) in [7, 11) is 1.60. The number of anilines is 1. The fourth-order valence-corrected chi connectivity index (χ4v) is 2.93. The molecule has 0 aliphatic rings. The molecule has 1 heterocycles. The van der Waals surface area contributed by atoms with Crippen LogP contribution >= 0.6 is 11.3 Å². The number of methoxy groups -OCH3 is 1. The van der Waals surface area contributed by atoms with Crippen LogP contribution in [-0.4, -0.2) is 29.1 Å². The van der Waals surface area contributed by atoms with Gasteiger partial charge in [-0.3, -0.25) is 9.59 Å². The molecule has 0 bridgehead atoms. The third-order valence-corrected chi connectivity index (χ3v) is 4.55. The average Bonchev–Trinajstić information content (AvgIpc) is 3.13. The van der Waals surface area contributed by atoms with Gasteiger partial charge in [-0.05, 0) is 48.9 Å². The molecule has 3 rings (SSSR count). The molecule has 2 amide bonds. The van der Waals surface area contributed by atoms with E-state index in [1.165, 1.54) is 11.3 Å². The lowest BCUT2D eigenvalue weighted by Gasteiger charge is -2.08. The zero-order valence-corrected chi connectivity index (χ0v) is 15.7. The Labute approximate surface area is 160 Å². The molecule has 0 unspecified atom stereocenters. The van der Waals surface area contributed by atoms with Crippen molar-refractivity contribution in [3.63, 3.8) is 0 Å². The predicted molar refractivity (Wildman–Crippen MR) is 103 cm³/mol. The van der Waals surface area contributed by atoms with Gasteiger partial charge in [0.25, 0.3) is 11.8 Å². The van der Waals surface area contributed by atoms with Crippen molar-refractivity contribution in [3.8, 4) is 5.75 Å². The Bertz CT molecular complexity index is 954. The summed E-state index contributed by atoms with van der Waals surface area (Å²) >= 11 is 1.22. The van der Waals surface area contributed by atoms with E-state index in [-0.39, 0.29) is 11.8 Å². The van der Waals surface area contributed by atoms with Crippen LogP contribution in [0.25, 0.3) is 0 Å². The second-order valence-corrected chi connectivity index (χ2v) is 6.87. The highest BCUT2D eigenvalue weighted by atomic mass is 32.1. The van der Waals surface area contributed by atoms with Crippen molar-refractivity contribution >= 4 is 28.8 Å². The van der Waals surface area contributed by atoms with E-state index in [9.17, 15) is 9.59 Å². The van der Waals surface area contributed by atoms with Crippen LogP contribution in [0.2, 0.25) is 0 Å². The molecule has 0 atom stereocenters. The van der Waals surface area contributed by atoms with Gasteiger partial charge in [0, 0.05) is 17.8 Å². The lowest BCUT2D eigenvalue weighted by molar-refractivity contribution is 0.0950. The second-order valence-electron chi connectivity index (χ2n) is 5.69. The summed E-state index contributed by atoms with van der Waals surface area (Å²) < 4.78 is 5.17. The van der Waals surface area contributed by atoms with Crippen molar-refractivity contribution in [2.75, 3.05) is 12.4 Å².